The van der Waals surface area contributed by atoms with Gasteiger partial charge < -0.3 is 14.8 Å². The molecule has 1 saturated heterocycles. The zero-order valence-electron chi connectivity index (χ0n) is 12.9. The molecule has 1 aliphatic heterocycles. The molecule has 0 aliphatic carbocycles. The Morgan fingerprint density at radius 1 is 1.30 bits per heavy atom. The van der Waals surface area contributed by atoms with Crippen LogP contribution in [0.3, 0.4) is 0 Å². The summed E-state index contributed by atoms with van der Waals surface area (Å²) in [5.74, 6) is 1.63. The van der Waals surface area contributed by atoms with Gasteiger partial charge in [0.1, 0.15) is 5.75 Å². The summed E-state index contributed by atoms with van der Waals surface area (Å²) in [6.07, 6.45) is 2.57. The first kappa shape index (κ1) is 15.3. The molecule has 3 nitrogen and oxygen atoms in total. The molecule has 0 bridgehead atoms. The minimum Gasteiger partial charge on any atom is -0.491 e. The van der Waals surface area contributed by atoms with Crippen molar-refractivity contribution in [2.24, 2.45) is 5.92 Å². The normalized spacial score (nSPS) is 20.3. The summed E-state index contributed by atoms with van der Waals surface area (Å²) in [6, 6.07) is 8.93. The van der Waals surface area contributed by atoms with Gasteiger partial charge in [0.05, 0.1) is 6.10 Å². The molecule has 1 aromatic rings. The van der Waals surface area contributed by atoms with Crippen LogP contribution in [0.4, 0.5) is 0 Å². The molecule has 20 heavy (non-hydrogen) atoms. The van der Waals surface area contributed by atoms with Crippen molar-refractivity contribution in [3.05, 3.63) is 29.8 Å². The third-order valence-corrected chi connectivity index (χ3v) is 3.70. The van der Waals surface area contributed by atoms with Crippen molar-refractivity contribution in [1.29, 1.82) is 0 Å². The highest BCUT2D eigenvalue weighted by Gasteiger charge is 2.21. The van der Waals surface area contributed by atoms with Gasteiger partial charge in [-0.1, -0.05) is 19.1 Å². The predicted octanol–water partition coefficient (Wildman–Crippen LogP) is 3.55. The summed E-state index contributed by atoms with van der Waals surface area (Å²) in [6.45, 7) is 9.09. The van der Waals surface area contributed by atoms with E-state index in [9.17, 15) is 0 Å². The third-order valence-electron chi connectivity index (χ3n) is 3.70. The Morgan fingerprint density at radius 2 is 2.05 bits per heavy atom. The molecule has 1 heterocycles. The zero-order chi connectivity index (χ0) is 14.4. The summed E-state index contributed by atoms with van der Waals surface area (Å²) < 4.78 is 11.2. The fourth-order valence-corrected chi connectivity index (χ4v) is 2.74. The molecular weight excluding hydrogens is 250 g/mol. The van der Waals surface area contributed by atoms with E-state index in [0.717, 1.165) is 31.9 Å². The molecule has 3 heteroatoms. The van der Waals surface area contributed by atoms with Crippen molar-refractivity contribution in [2.45, 2.75) is 45.8 Å². The Morgan fingerprint density at radius 3 is 2.60 bits per heavy atom. The summed E-state index contributed by atoms with van der Waals surface area (Å²) in [4.78, 5) is 0. The Bertz CT molecular complexity index is 382. The molecule has 2 unspecified atom stereocenters. The molecule has 0 radical (unpaired) electrons. The first-order valence-corrected chi connectivity index (χ1v) is 7.76. The van der Waals surface area contributed by atoms with Gasteiger partial charge in [-0.25, -0.2) is 0 Å². The summed E-state index contributed by atoms with van der Waals surface area (Å²) in [7, 11) is 0. The van der Waals surface area contributed by atoms with Gasteiger partial charge in [0, 0.05) is 19.3 Å². The highest BCUT2D eigenvalue weighted by Crippen LogP contribution is 2.27. The molecule has 2 rings (SSSR count). The number of rotatable bonds is 7. The smallest absolute Gasteiger partial charge is 0.119 e. The van der Waals surface area contributed by atoms with Crippen LogP contribution in [0.25, 0.3) is 0 Å². The van der Waals surface area contributed by atoms with E-state index in [0.29, 0.717) is 12.0 Å². The van der Waals surface area contributed by atoms with Crippen LogP contribution in [-0.4, -0.2) is 25.9 Å². The predicted molar refractivity (Wildman–Crippen MR) is 82.2 cm³/mol. The second-order valence-electron chi connectivity index (χ2n) is 5.81. The van der Waals surface area contributed by atoms with Gasteiger partial charge in [0.25, 0.3) is 0 Å². The van der Waals surface area contributed by atoms with Crippen LogP contribution >= 0.6 is 0 Å². The number of nitrogens with one attached hydrogen (secondary N) is 1. The van der Waals surface area contributed by atoms with Gasteiger partial charge in [-0.3, -0.25) is 0 Å². The lowest BCUT2D eigenvalue weighted by molar-refractivity contribution is 0.181. The van der Waals surface area contributed by atoms with Crippen LogP contribution in [0, 0.1) is 5.92 Å². The third kappa shape index (κ3) is 4.50. The lowest BCUT2D eigenvalue weighted by Gasteiger charge is -2.21. The first-order valence-electron chi connectivity index (χ1n) is 7.76. The van der Waals surface area contributed by atoms with Crippen molar-refractivity contribution in [3.8, 4) is 5.75 Å². The average molecular weight is 277 g/mol. The van der Waals surface area contributed by atoms with Crippen LogP contribution in [0.5, 0.6) is 5.75 Å². The van der Waals surface area contributed by atoms with Gasteiger partial charge >= 0.3 is 0 Å². The highest BCUT2D eigenvalue weighted by atomic mass is 16.5. The van der Waals surface area contributed by atoms with Gasteiger partial charge in [0.2, 0.25) is 0 Å². The van der Waals surface area contributed by atoms with Crippen LogP contribution < -0.4 is 10.1 Å². The van der Waals surface area contributed by atoms with Gasteiger partial charge in [-0.15, -0.1) is 0 Å². The van der Waals surface area contributed by atoms with E-state index in [4.69, 9.17) is 9.47 Å². The average Bonchev–Trinajstić information content (AvgIpc) is 2.91. The number of hydrogen-bond acceptors (Lipinski definition) is 3. The summed E-state index contributed by atoms with van der Waals surface area (Å²) in [5.41, 5.74) is 1.34. The van der Waals surface area contributed by atoms with Crippen molar-refractivity contribution in [1.82, 2.24) is 5.32 Å². The SMILES string of the molecule is CCNC(CC1CCOC1)c1ccc(OC(C)C)cc1. The van der Waals surface area contributed by atoms with E-state index in [-0.39, 0.29) is 6.10 Å². The van der Waals surface area contributed by atoms with Gasteiger partial charge in [0.15, 0.2) is 0 Å². The second-order valence-corrected chi connectivity index (χ2v) is 5.81. The molecule has 0 amide bonds. The Hall–Kier alpha value is -1.06. The molecule has 1 N–H and O–H groups in total. The van der Waals surface area contributed by atoms with Crippen molar-refractivity contribution in [2.75, 3.05) is 19.8 Å². The second kappa shape index (κ2) is 7.65. The topological polar surface area (TPSA) is 30.5 Å². The zero-order valence-corrected chi connectivity index (χ0v) is 12.9. The van der Waals surface area contributed by atoms with Gasteiger partial charge in [-0.2, -0.15) is 0 Å². The molecule has 2 atom stereocenters. The maximum Gasteiger partial charge on any atom is 0.119 e. The van der Waals surface area contributed by atoms with Crippen molar-refractivity contribution in [3.63, 3.8) is 0 Å². The van der Waals surface area contributed by atoms with E-state index in [1.165, 1.54) is 12.0 Å². The fraction of sp³-hybridized carbons (Fsp3) is 0.647. The Labute approximate surface area is 122 Å². The lowest BCUT2D eigenvalue weighted by Crippen LogP contribution is -2.23. The van der Waals surface area contributed by atoms with E-state index >= 15 is 0 Å². The number of benzene rings is 1. The molecule has 1 aliphatic rings. The van der Waals surface area contributed by atoms with Gasteiger partial charge in [-0.05, 0) is 56.8 Å². The fourth-order valence-electron chi connectivity index (χ4n) is 2.74. The maximum absolute atomic E-state index is 5.70. The monoisotopic (exact) mass is 277 g/mol. The molecule has 112 valence electrons. The minimum absolute atomic E-state index is 0.223. The van der Waals surface area contributed by atoms with Crippen LogP contribution in [0.2, 0.25) is 0 Å². The van der Waals surface area contributed by atoms with Crippen LogP contribution in [-0.2, 0) is 4.74 Å². The lowest BCUT2D eigenvalue weighted by atomic mass is 9.94. The Kier molecular flexibility index (Phi) is 5.86. The maximum atomic E-state index is 5.70. The molecule has 0 spiro atoms. The van der Waals surface area contributed by atoms with E-state index in [2.05, 4.69) is 50.4 Å². The van der Waals surface area contributed by atoms with Crippen LogP contribution in [0.1, 0.15) is 45.2 Å². The van der Waals surface area contributed by atoms with Crippen LogP contribution in [0.15, 0.2) is 24.3 Å². The standard InChI is InChI=1S/C17H27NO2/c1-4-18-17(11-14-9-10-19-12-14)15-5-7-16(8-6-15)20-13(2)3/h5-8,13-14,17-18H,4,9-12H2,1-3H3. The molecule has 1 aromatic carbocycles. The largest absolute Gasteiger partial charge is 0.491 e. The minimum atomic E-state index is 0.223. The first-order chi connectivity index (χ1) is 9.69. The molecule has 1 fully saturated rings. The molecular formula is C17H27NO2. The molecule has 0 aromatic heterocycles. The summed E-state index contributed by atoms with van der Waals surface area (Å²) in [5, 5.41) is 3.59. The Balaban J connectivity index is 2.00. The van der Waals surface area contributed by atoms with Crippen molar-refractivity contribution < 1.29 is 9.47 Å². The van der Waals surface area contributed by atoms with E-state index in [1.54, 1.807) is 0 Å². The van der Waals surface area contributed by atoms with Crippen molar-refractivity contribution >= 4 is 0 Å². The number of hydrogen-bond donors (Lipinski definition) is 1. The summed E-state index contributed by atoms with van der Waals surface area (Å²) >= 11 is 0. The molecule has 0 saturated carbocycles. The highest BCUT2D eigenvalue weighted by molar-refractivity contribution is 5.29. The number of ether oxygens (including phenoxy) is 2. The van der Waals surface area contributed by atoms with E-state index in [1.807, 2.05) is 0 Å². The van der Waals surface area contributed by atoms with E-state index < -0.39 is 0 Å². The quantitative estimate of drug-likeness (QED) is 0.826.